The fourth-order valence-corrected chi connectivity index (χ4v) is 4.75. The van der Waals surface area contributed by atoms with Gasteiger partial charge in [-0.15, -0.1) is 0 Å². The molecule has 36 heavy (non-hydrogen) atoms. The molecule has 3 aromatic carbocycles. The van der Waals surface area contributed by atoms with Gasteiger partial charge in [-0.2, -0.15) is 18.4 Å². The number of rotatable bonds is 5. The molecule has 3 N–H and O–H groups in total. The van der Waals surface area contributed by atoms with Crippen LogP contribution in [0.1, 0.15) is 22.8 Å². The molecule has 7 nitrogen and oxygen atoms in total. The van der Waals surface area contributed by atoms with E-state index in [2.05, 4.69) is 5.32 Å². The lowest BCUT2D eigenvalue weighted by atomic mass is 9.98. The molecule has 1 atom stereocenters. The van der Waals surface area contributed by atoms with Crippen LogP contribution < -0.4 is 15.2 Å². The third kappa shape index (κ3) is 5.64. The van der Waals surface area contributed by atoms with Gasteiger partial charge in [0.05, 0.1) is 33.8 Å². The van der Waals surface area contributed by atoms with Gasteiger partial charge in [0, 0.05) is 18.7 Å². The van der Waals surface area contributed by atoms with Crippen LogP contribution in [0.5, 0.6) is 11.5 Å². The summed E-state index contributed by atoms with van der Waals surface area (Å²) in [6, 6.07) is 13.8. The monoisotopic (exact) mass is 537 g/mol. The number of sulfonamides is 1. The van der Waals surface area contributed by atoms with E-state index >= 15 is 0 Å². The van der Waals surface area contributed by atoms with E-state index in [1.54, 1.807) is 12.1 Å². The highest BCUT2D eigenvalue weighted by Crippen LogP contribution is 2.39. The molecule has 0 aromatic heterocycles. The van der Waals surface area contributed by atoms with Crippen LogP contribution in [-0.2, 0) is 20.9 Å². The topological polar surface area (TPSA) is 114 Å². The zero-order valence-corrected chi connectivity index (χ0v) is 20.0. The third-order valence-corrected chi connectivity index (χ3v) is 6.79. The lowest BCUT2D eigenvalue weighted by Gasteiger charge is -2.25. The number of nitriles is 1. The number of benzene rings is 3. The molecule has 0 amide bonds. The zero-order valence-electron chi connectivity index (χ0n) is 18.5. The summed E-state index contributed by atoms with van der Waals surface area (Å²) in [5.74, 6) is -0.199. The van der Waals surface area contributed by atoms with E-state index in [9.17, 15) is 26.9 Å². The minimum Gasteiger partial charge on any atom is -0.456 e. The summed E-state index contributed by atoms with van der Waals surface area (Å²) in [6.07, 6.45) is -5.00. The van der Waals surface area contributed by atoms with Crippen molar-refractivity contribution < 1.29 is 31.1 Å². The first-order valence-corrected chi connectivity index (χ1v) is 12.5. The molecule has 0 bridgehead atoms. The number of hydrogen-bond donors (Lipinski definition) is 2. The summed E-state index contributed by atoms with van der Waals surface area (Å²) in [4.78, 5) is -0.153. The smallest absolute Gasteiger partial charge is 0.417 e. The Morgan fingerprint density at radius 3 is 2.56 bits per heavy atom. The first-order valence-electron chi connectivity index (χ1n) is 10.6. The second kappa shape index (κ2) is 10.1. The van der Waals surface area contributed by atoms with Crippen molar-refractivity contribution in [3.63, 3.8) is 0 Å². The van der Waals surface area contributed by atoms with Crippen molar-refractivity contribution in [1.29, 1.82) is 5.26 Å². The molecular weight excluding hydrogens is 519 g/mol. The summed E-state index contributed by atoms with van der Waals surface area (Å²) in [6.45, 7) is 1.72. The predicted octanol–water partition coefficient (Wildman–Crippen LogP) is 5.00. The Kier molecular flexibility index (Phi) is 7.26. The third-order valence-electron chi connectivity index (χ3n) is 5.49. The van der Waals surface area contributed by atoms with E-state index in [1.165, 1.54) is 30.3 Å². The molecule has 1 aliphatic rings. The van der Waals surface area contributed by atoms with E-state index in [0.717, 1.165) is 12.1 Å². The van der Waals surface area contributed by atoms with Gasteiger partial charge in [0.15, 0.2) is 0 Å². The highest BCUT2D eigenvalue weighted by atomic mass is 35.5. The number of primary sulfonamides is 1. The largest absolute Gasteiger partial charge is 0.456 e. The summed E-state index contributed by atoms with van der Waals surface area (Å²) in [7, 11) is -4.12. The number of nitrogens with two attached hydrogens (primary N) is 1. The van der Waals surface area contributed by atoms with Gasteiger partial charge in [-0.3, -0.25) is 0 Å². The normalized spacial score (nSPS) is 16.4. The van der Waals surface area contributed by atoms with Crippen LogP contribution >= 0.6 is 11.6 Å². The average molecular weight is 538 g/mol. The molecule has 0 spiro atoms. The Morgan fingerprint density at radius 2 is 1.92 bits per heavy atom. The van der Waals surface area contributed by atoms with E-state index in [1.807, 2.05) is 6.07 Å². The first-order chi connectivity index (χ1) is 17.0. The number of morpholine rings is 1. The van der Waals surface area contributed by atoms with Gasteiger partial charge in [0.1, 0.15) is 17.6 Å². The van der Waals surface area contributed by atoms with Gasteiger partial charge in [-0.1, -0.05) is 23.7 Å². The minimum atomic E-state index is -4.69. The number of ether oxygens (including phenoxy) is 2. The summed E-state index contributed by atoms with van der Waals surface area (Å²) in [5.41, 5.74) is 0.200. The fourth-order valence-electron chi connectivity index (χ4n) is 3.79. The van der Waals surface area contributed by atoms with Gasteiger partial charge < -0.3 is 14.8 Å². The Hall–Kier alpha value is -3.14. The number of nitrogens with one attached hydrogen (secondary N) is 1. The Morgan fingerprint density at radius 1 is 1.14 bits per heavy atom. The van der Waals surface area contributed by atoms with Crippen molar-refractivity contribution in [3.8, 4) is 28.7 Å². The molecule has 12 heteroatoms. The number of alkyl halides is 3. The summed E-state index contributed by atoms with van der Waals surface area (Å²) in [5, 5.41) is 17.8. The molecule has 188 valence electrons. The Bertz CT molecular complexity index is 1450. The van der Waals surface area contributed by atoms with Crippen molar-refractivity contribution in [2.45, 2.75) is 17.2 Å². The lowest BCUT2D eigenvalue weighted by Crippen LogP contribution is -2.33. The van der Waals surface area contributed by atoms with Gasteiger partial charge >= 0.3 is 6.18 Å². The molecule has 1 heterocycles. The maximum atomic E-state index is 13.2. The first kappa shape index (κ1) is 25.9. The predicted molar refractivity (Wildman–Crippen MR) is 126 cm³/mol. The molecular formula is C24H19ClF3N3O4S. The standard InChI is InChI=1S/C24H19ClF3N3O4S/c25-20-4-3-17(11-19(20)24(26,27)28)35-21-5-1-14(9-16(21)12-29)18-10-15(22-13-31-7-8-34-22)2-6-23(18)36(30,32)33/h1-6,9-11,22,31H,7-8,13H2,(H2,30,32,33). The molecule has 1 aliphatic heterocycles. The molecule has 4 rings (SSSR count). The van der Waals surface area contributed by atoms with Crippen molar-refractivity contribution in [2.75, 3.05) is 19.7 Å². The van der Waals surface area contributed by atoms with E-state index in [0.29, 0.717) is 30.8 Å². The summed E-state index contributed by atoms with van der Waals surface area (Å²) >= 11 is 5.65. The average Bonchev–Trinajstić information content (AvgIpc) is 2.84. The van der Waals surface area contributed by atoms with Crippen LogP contribution in [0.2, 0.25) is 5.02 Å². The highest BCUT2D eigenvalue weighted by molar-refractivity contribution is 7.89. The molecule has 1 unspecified atom stereocenters. The minimum absolute atomic E-state index is 0.0233. The zero-order chi connectivity index (χ0) is 26.1. The Labute approximate surface area is 210 Å². The van der Waals surface area contributed by atoms with Crippen LogP contribution in [0.15, 0.2) is 59.5 Å². The van der Waals surface area contributed by atoms with Crippen molar-refractivity contribution in [2.24, 2.45) is 5.14 Å². The van der Waals surface area contributed by atoms with E-state index in [-0.39, 0.29) is 33.6 Å². The molecule has 0 aliphatic carbocycles. The van der Waals surface area contributed by atoms with Crippen LogP contribution in [0.25, 0.3) is 11.1 Å². The van der Waals surface area contributed by atoms with Gasteiger partial charge in [-0.05, 0) is 53.6 Å². The maximum Gasteiger partial charge on any atom is 0.417 e. The van der Waals surface area contributed by atoms with Crippen LogP contribution in [0.4, 0.5) is 13.2 Å². The number of hydrogen-bond acceptors (Lipinski definition) is 6. The molecule has 3 aromatic rings. The number of nitrogens with zero attached hydrogens (tertiary/aromatic N) is 1. The van der Waals surface area contributed by atoms with Gasteiger partial charge in [-0.25, -0.2) is 13.6 Å². The van der Waals surface area contributed by atoms with E-state index in [4.69, 9.17) is 26.2 Å². The van der Waals surface area contributed by atoms with Crippen molar-refractivity contribution in [3.05, 3.63) is 76.3 Å². The van der Waals surface area contributed by atoms with Crippen molar-refractivity contribution >= 4 is 21.6 Å². The number of halogens is 4. The Balaban J connectivity index is 1.74. The molecule has 0 radical (unpaired) electrons. The van der Waals surface area contributed by atoms with Crippen LogP contribution in [-0.4, -0.2) is 28.1 Å². The molecule has 1 fully saturated rings. The maximum absolute atomic E-state index is 13.2. The van der Waals surface area contributed by atoms with Crippen molar-refractivity contribution in [1.82, 2.24) is 5.32 Å². The van der Waals surface area contributed by atoms with Gasteiger partial charge in [0.25, 0.3) is 0 Å². The van der Waals surface area contributed by atoms with E-state index < -0.39 is 26.8 Å². The fraction of sp³-hybridized carbons (Fsp3) is 0.208. The molecule has 1 saturated heterocycles. The SMILES string of the molecule is N#Cc1cc(-c2cc(C3CNCCO3)ccc2S(N)(=O)=O)ccc1Oc1ccc(Cl)c(C(F)(F)F)c1. The second-order valence-corrected chi connectivity index (χ2v) is 9.87. The van der Waals surface area contributed by atoms with Crippen LogP contribution in [0, 0.1) is 11.3 Å². The lowest BCUT2D eigenvalue weighted by molar-refractivity contribution is -0.137. The quantitative estimate of drug-likeness (QED) is 0.473. The highest BCUT2D eigenvalue weighted by Gasteiger charge is 2.33. The summed E-state index contributed by atoms with van der Waals surface area (Å²) < 4.78 is 75.4. The second-order valence-electron chi connectivity index (χ2n) is 7.93. The van der Waals surface area contributed by atoms with Crippen LogP contribution in [0.3, 0.4) is 0 Å². The molecule has 0 saturated carbocycles. The van der Waals surface area contributed by atoms with Gasteiger partial charge in [0.2, 0.25) is 10.0 Å².